The van der Waals surface area contributed by atoms with Crippen molar-refractivity contribution >= 4 is 11.7 Å². The van der Waals surface area contributed by atoms with Crippen molar-refractivity contribution in [2.24, 2.45) is 11.3 Å². The summed E-state index contributed by atoms with van der Waals surface area (Å²) in [7, 11) is 0. The lowest BCUT2D eigenvalue weighted by Gasteiger charge is -2.12. The van der Waals surface area contributed by atoms with Crippen LogP contribution in [0.4, 0.5) is 18.9 Å². The second-order valence-corrected chi connectivity index (χ2v) is 4.86. The lowest BCUT2D eigenvalue weighted by atomic mass is 10.1. The second kappa shape index (κ2) is 4.46. The molecule has 1 aromatic carbocycles. The van der Waals surface area contributed by atoms with E-state index in [2.05, 4.69) is 0 Å². The summed E-state index contributed by atoms with van der Waals surface area (Å²) < 4.78 is 42.3. The van der Waals surface area contributed by atoms with E-state index in [4.69, 9.17) is 4.74 Å². The molecule has 1 aliphatic rings. The summed E-state index contributed by atoms with van der Waals surface area (Å²) in [4.78, 5) is 21.5. The van der Waals surface area contributed by atoms with E-state index in [0.717, 1.165) is 12.1 Å². The van der Waals surface area contributed by atoms with E-state index in [1.54, 1.807) is 0 Å². The van der Waals surface area contributed by atoms with E-state index < -0.39 is 28.4 Å². The van der Waals surface area contributed by atoms with Crippen molar-refractivity contribution in [3.63, 3.8) is 0 Å². The van der Waals surface area contributed by atoms with Crippen LogP contribution in [0, 0.1) is 21.4 Å². The van der Waals surface area contributed by atoms with Crippen LogP contribution in [-0.4, -0.2) is 17.1 Å². The Bertz CT molecular complexity index is 555. The Morgan fingerprint density at radius 3 is 2.35 bits per heavy atom. The fraction of sp³-hybridized carbons (Fsp3) is 0.417. The molecule has 1 aromatic rings. The summed E-state index contributed by atoms with van der Waals surface area (Å²) in [5.41, 5.74) is -1.77. The lowest BCUT2D eigenvalue weighted by Crippen LogP contribution is -2.26. The van der Waals surface area contributed by atoms with Crippen molar-refractivity contribution in [3.05, 3.63) is 34.4 Å². The number of carbonyl (C=O) groups excluding carboxylic acids is 1. The minimum atomic E-state index is -4.43. The van der Waals surface area contributed by atoms with Gasteiger partial charge in [0.05, 0.1) is 16.3 Å². The molecule has 0 unspecified atom stereocenters. The molecule has 0 heterocycles. The average Bonchev–Trinajstić information content (AvgIpc) is 3.04. The molecule has 20 heavy (non-hydrogen) atoms. The molecule has 2 atom stereocenters. The van der Waals surface area contributed by atoms with E-state index in [1.807, 2.05) is 0 Å². The maximum Gasteiger partial charge on any atom is 0.392 e. The van der Waals surface area contributed by atoms with Crippen molar-refractivity contribution in [2.45, 2.75) is 19.5 Å². The Hall–Kier alpha value is -2.12. The third-order valence-corrected chi connectivity index (χ3v) is 3.36. The van der Waals surface area contributed by atoms with Gasteiger partial charge in [-0.3, -0.25) is 14.9 Å². The van der Waals surface area contributed by atoms with Gasteiger partial charge in [0.2, 0.25) is 0 Å². The second-order valence-electron chi connectivity index (χ2n) is 4.86. The van der Waals surface area contributed by atoms with E-state index in [9.17, 15) is 28.1 Å². The Morgan fingerprint density at radius 1 is 1.40 bits per heavy atom. The summed E-state index contributed by atoms with van der Waals surface area (Å²) in [6.07, 6.45) is -4.73. The maximum absolute atomic E-state index is 12.5. The first-order valence-corrected chi connectivity index (χ1v) is 5.68. The fourth-order valence-corrected chi connectivity index (χ4v) is 1.93. The van der Waals surface area contributed by atoms with E-state index in [-0.39, 0.29) is 17.9 Å². The van der Waals surface area contributed by atoms with Crippen LogP contribution in [0.3, 0.4) is 0 Å². The van der Waals surface area contributed by atoms with Gasteiger partial charge in [-0.15, -0.1) is 0 Å². The highest BCUT2D eigenvalue weighted by molar-refractivity contribution is 5.82. The van der Waals surface area contributed by atoms with Gasteiger partial charge >= 0.3 is 12.1 Å². The number of carbonyl (C=O) groups is 1. The molecular weight excluding hydrogens is 279 g/mol. The quantitative estimate of drug-likeness (QED) is 0.371. The third-order valence-electron chi connectivity index (χ3n) is 3.36. The van der Waals surface area contributed by atoms with Crippen LogP contribution in [0.25, 0.3) is 0 Å². The number of nitro groups is 1. The Balaban J connectivity index is 2.04. The normalized spacial score (nSPS) is 25.1. The molecule has 0 aromatic heterocycles. The highest BCUT2D eigenvalue weighted by Gasteiger charge is 2.69. The number of hydrogen-bond donors (Lipinski definition) is 0. The first-order chi connectivity index (χ1) is 9.14. The SMILES string of the molecule is C[C@@]1(C(=O)Oc2ccc([N+](=O)[O-])cc2)C[C@H]1C(F)(F)F. The number of esters is 1. The predicted molar refractivity (Wildman–Crippen MR) is 61.0 cm³/mol. The van der Waals surface area contributed by atoms with Gasteiger partial charge in [-0.25, -0.2) is 0 Å². The van der Waals surface area contributed by atoms with Crippen molar-refractivity contribution in [1.29, 1.82) is 0 Å². The van der Waals surface area contributed by atoms with Crippen LogP contribution in [-0.2, 0) is 4.79 Å². The topological polar surface area (TPSA) is 69.4 Å². The molecule has 2 rings (SSSR count). The number of alkyl halides is 3. The molecular formula is C12H10F3NO4. The number of benzene rings is 1. The number of nitro benzene ring substituents is 1. The van der Waals surface area contributed by atoms with Gasteiger partial charge in [0.25, 0.3) is 5.69 Å². The van der Waals surface area contributed by atoms with Crippen LogP contribution < -0.4 is 4.74 Å². The summed E-state index contributed by atoms with van der Waals surface area (Å²) in [6, 6.07) is 4.56. The minimum absolute atomic E-state index is 0.0188. The highest BCUT2D eigenvalue weighted by Crippen LogP contribution is 2.60. The molecule has 1 saturated carbocycles. The smallest absolute Gasteiger partial charge is 0.392 e. The molecule has 0 N–H and O–H groups in total. The van der Waals surface area contributed by atoms with Gasteiger partial charge in [0.15, 0.2) is 0 Å². The van der Waals surface area contributed by atoms with Crippen molar-refractivity contribution in [2.75, 3.05) is 0 Å². The van der Waals surface area contributed by atoms with E-state index in [1.165, 1.54) is 19.1 Å². The number of non-ortho nitro benzene ring substituents is 1. The number of nitrogens with zero attached hydrogens (tertiary/aromatic N) is 1. The zero-order chi connectivity index (χ0) is 15.1. The van der Waals surface area contributed by atoms with Gasteiger partial charge in [-0.2, -0.15) is 13.2 Å². The molecule has 1 fully saturated rings. The zero-order valence-electron chi connectivity index (χ0n) is 10.3. The summed E-state index contributed by atoms with van der Waals surface area (Å²) in [5.74, 6) is -2.69. The Kier molecular flexibility index (Phi) is 3.19. The summed E-state index contributed by atoms with van der Waals surface area (Å²) >= 11 is 0. The predicted octanol–water partition coefficient (Wildman–Crippen LogP) is 3.09. The molecule has 0 saturated heterocycles. The molecule has 8 heteroatoms. The van der Waals surface area contributed by atoms with Crippen LogP contribution >= 0.6 is 0 Å². The molecule has 0 bridgehead atoms. The van der Waals surface area contributed by atoms with Gasteiger partial charge in [0, 0.05) is 12.1 Å². The molecule has 1 aliphatic carbocycles. The third kappa shape index (κ3) is 2.59. The molecule has 0 amide bonds. The number of hydrogen-bond acceptors (Lipinski definition) is 4. The fourth-order valence-electron chi connectivity index (χ4n) is 1.93. The largest absolute Gasteiger partial charge is 0.426 e. The molecule has 0 aliphatic heterocycles. The van der Waals surface area contributed by atoms with Crippen molar-refractivity contribution in [3.8, 4) is 5.75 Å². The van der Waals surface area contributed by atoms with E-state index in [0.29, 0.717) is 0 Å². The standard InChI is InChI=1S/C12H10F3NO4/c1-11(6-9(11)12(13,14)15)10(17)20-8-4-2-7(3-5-8)16(18)19/h2-5,9H,6H2,1H3/t9-,11-/m1/s1. The number of halogens is 3. The summed E-state index contributed by atoms with van der Waals surface area (Å²) in [6.45, 7) is 1.19. The van der Waals surface area contributed by atoms with E-state index >= 15 is 0 Å². The maximum atomic E-state index is 12.5. The highest BCUT2D eigenvalue weighted by atomic mass is 19.4. The number of ether oxygens (including phenoxy) is 1. The Morgan fingerprint density at radius 2 is 1.95 bits per heavy atom. The first-order valence-electron chi connectivity index (χ1n) is 5.68. The number of rotatable bonds is 3. The average molecular weight is 289 g/mol. The molecule has 0 spiro atoms. The molecule has 108 valence electrons. The van der Waals surface area contributed by atoms with Crippen LogP contribution in [0.15, 0.2) is 24.3 Å². The monoisotopic (exact) mass is 289 g/mol. The van der Waals surface area contributed by atoms with Gasteiger partial charge < -0.3 is 4.74 Å². The van der Waals surface area contributed by atoms with Crippen LogP contribution in [0.2, 0.25) is 0 Å². The van der Waals surface area contributed by atoms with Gasteiger partial charge in [0.1, 0.15) is 5.75 Å². The minimum Gasteiger partial charge on any atom is -0.426 e. The van der Waals surface area contributed by atoms with Crippen LogP contribution in [0.5, 0.6) is 5.75 Å². The zero-order valence-corrected chi connectivity index (χ0v) is 10.3. The van der Waals surface area contributed by atoms with Crippen molar-refractivity contribution in [1.82, 2.24) is 0 Å². The molecule has 5 nitrogen and oxygen atoms in total. The Labute approximate surface area is 111 Å². The van der Waals surface area contributed by atoms with Gasteiger partial charge in [-0.05, 0) is 25.5 Å². The van der Waals surface area contributed by atoms with Gasteiger partial charge in [-0.1, -0.05) is 0 Å². The first kappa shape index (κ1) is 14.3. The van der Waals surface area contributed by atoms with Crippen molar-refractivity contribution < 1.29 is 27.6 Å². The summed E-state index contributed by atoms with van der Waals surface area (Å²) in [5, 5.41) is 10.4. The lowest BCUT2D eigenvalue weighted by molar-refractivity contribution is -0.384. The van der Waals surface area contributed by atoms with Crippen LogP contribution in [0.1, 0.15) is 13.3 Å². The molecule has 0 radical (unpaired) electrons.